The van der Waals surface area contributed by atoms with E-state index in [1.54, 1.807) is 15.4 Å². The molecule has 0 fully saturated rings. The third-order valence-corrected chi connectivity index (χ3v) is 6.25. The molecular weight excluding hydrogens is 434 g/mol. The second-order valence-corrected chi connectivity index (χ2v) is 9.35. The Kier molecular flexibility index (Phi) is 5.95. The second-order valence-electron chi connectivity index (χ2n) is 9.35. The number of anilines is 2. The van der Waals surface area contributed by atoms with Crippen molar-refractivity contribution in [1.82, 2.24) is 19.3 Å². The summed E-state index contributed by atoms with van der Waals surface area (Å²) in [5.74, 6) is 1.29. The summed E-state index contributed by atoms with van der Waals surface area (Å²) in [7, 11) is 0. The standard InChI is InChI=1S/C29H29N5O/c1-19(2)21-10-14-23(15-11-21)31-29-32-27-26(18-30-34(27)25-8-6-5-7-9-25)28(35)33(29)24-16-12-22(13-17-24)20(3)4/h5-20H,1-4H3,(H,31,32). The first-order valence-electron chi connectivity index (χ1n) is 12.0. The summed E-state index contributed by atoms with van der Waals surface area (Å²) in [6, 6.07) is 26.0. The normalized spacial score (nSPS) is 11.5. The predicted octanol–water partition coefficient (Wildman–Crippen LogP) is 6.56. The monoisotopic (exact) mass is 463 g/mol. The van der Waals surface area contributed by atoms with Gasteiger partial charge in [-0.3, -0.25) is 4.79 Å². The van der Waals surface area contributed by atoms with E-state index in [4.69, 9.17) is 4.98 Å². The molecule has 0 atom stereocenters. The minimum atomic E-state index is -0.171. The number of nitrogens with one attached hydrogen (secondary N) is 1. The lowest BCUT2D eigenvalue weighted by molar-refractivity contribution is 0.863. The number of aromatic nitrogens is 4. The Labute approximate surface area is 204 Å². The van der Waals surface area contributed by atoms with E-state index in [1.165, 1.54) is 11.1 Å². The Morgan fingerprint density at radius 2 is 1.34 bits per heavy atom. The van der Waals surface area contributed by atoms with Crippen molar-refractivity contribution < 1.29 is 0 Å². The van der Waals surface area contributed by atoms with Crippen molar-refractivity contribution in [3.63, 3.8) is 0 Å². The molecule has 0 radical (unpaired) electrons. The number of nitrogens with zero attached hydrogens (tertiary/aromatic N) is 4. The maximum atomic E-state index is 13.8. The van der Waals surface area contributed by atoms with Crippen molar-refractivity contribution in [2.45, 2.75) is 39.5 Å². The van der Waals surface area contributed by atoms with Gasteiger partial charge in [0.25, 0.3) is 5.56 Å². The first-order chi connectivity index (χ1) is 16.9. The molecule has 3 aromatic carbocycles. The van der Waals surface area contributed by atoms with Crippen molar-refractivity contribution in [3.8, 4) is 11.4 Å². The van der Waals surface area contributed by atoms with E-state index < -0.39 is 0 Å². The van der Waals surface area contributed by atoms with Gasteiger partial charge in [0.1, 0.15) is 5.39 Å². The highest BCUT2D eigenvalue weighted by molar-refractivity contribution is 5.78. The lowest BCUT2D eigenvalue weighted by atomic mass is 10.0. The number of hydrogen-bond donors (Lipinski definition) is 1. The smallest absolute Gasteiger partial charge is 0.270 e. The van der Waals surface area contributed by atoms with Gasteiger partial charge < -0.3 is 5.32 Å². The summed E-state index contributed by atoms with van der Waals surface area (Å²) in [5, 5.41) is 8.34. The van der Waals surface area contributed by atoms with Crippen LogP contribution in [0.5, 0.6) is 0 Å². The van der Waals surface area contributed by atoms with Gasteiger partial charge in [-0.05, 0) is 59.4 Å². The van der Waals surface area contributed by atoms with Crippen LogP contribution in [-0.4, -0.2) is 19.3 Å². The first-order valence-corrected chi connectivity index (χ1v) is 12.0. The molecule has 0 bridgehead atoms. The van der Waals surface area contributed by atoms with Crippen LogP contribution >= 0.6 is 0 Å². The third-order valence-electron chi connectivity index (χ3n) is 6.25. The van der Waals surface area contributed by atoms with Crippen LogP contribution in [0.1, 0.15) is 50.7 Å². The summed E-state index contributed by atoms with van der Waals surface area (Å²) in [6.45, 7) is 8.64. The van der Waals surface area contributed by atoms with E-state index in [1.807, 2.05) is 54.6 Å². The molecule has 2 heterocycles. The quantitative estimate of drug-likeness (QED) is 0.310. The minimum Gasteiger partial charge on any atom is -0.325 e. The van der Waals surface area contributed by atoms with E-state index in [2.05, 4.69) is 62.4 Å². The lowest BCUT2D eigenvalue weighted by Gasteiger charge is -2.16. The Morgan fingerprint density at radius 1 is 0.743 bits per heavy atom. The van der Waals surface area contributed by atoms with Gasteiger partial charge >= 0.3 is 0 Å². The molecule has 176 valence electrons. The molecule has 0 saturated heterocycles. The second kappa shape index (κ2) is 9.22. The van der Waals surface area contributed by atoms with Gasteiger partial charge in [-0.1, -0.05) is 70.2 Å². The fourth-order valence-corrected chi connectivity index (χ4v) is 4.14. The molecule has 0 saturated carbocycles. The van der Waals surface area contributed by atoms with Gasteiger partial charge in [0.05, 0.1) is 17.6 Å². The predicted molar refractivity (Wildman–Crippen MR) is 142 cm³/mol. The number of fused-ring (bicyclic) bond motifs is 1. The Bertz CT molecular complexity index is 1510. The highest BCUT2D eigenvalue weighted by atomic mass is 16.1. The van der Waals surface area contributed by atoms with Crippen LogP contribution in [0.25, 0.3) is 22.4 Å². The van der Waals surface area contributed by atoms with Crippen molar-refractivity contribution in [1.29, 1.82) is 0 Å². The van der Waals surface area contributed by atoms with Gasteiger partial charge in [-0.2, -0.15) is 10.1 Å². The maximum Gasteiger partial charge on any atom is 0.270 e. The molecule has 5 rings (SSSR count). The van der Waals surface area contributed by atoms with E-state index in [0.717, 1.165) is 17.1 Å². The third kappa shape index (κ3) is 4.35. The summed E-state index contributed by atoms with van der Waals surface area (Å²) in [5.41, 5.74) is 5.27. The SMILES string of the molecule is CC(C)c1ccc(Nc2nc3c(cnn3-c3ccccc3)c(=O)n2-c2ccc(C(C)C)cc2)cc1. The highest BCUT2D eigenvalue weighted by Crippen LogP contribution is 2.24. The van der Waals surface area contributed by atoms with Crippen molar-refractivity contribution in [3.05, 3.63) is 107 Å². The average molecular weight is 464 g/mol. The number of para-hydroxylation sites is 1. The van der Waals surface area contributed by atoms with E-state index in [9.17, 15) is 4.79 Å². The van der Waals surface area contributed by atoms with Crippen LogP contribution in [0.2, 0.25) is 0 Å². The Hall–Kier alpha value is -4.19. The van der Waals surface area contributed by atoms with Crippen molar-refractivity contribution in [2.24, 2.45) is 0 Å². The van der Waals surface area contributed by atoms with Crippen LogP contribution in [0.15, 0.2) is 89.9 Å². The van der Waals surface area contributed by atoms with Crippen molar-refractivity contribution >= 4 is 22.7 Å². The van der Waals surface area contributed by atoms with E-state index >= 15 is 0 Å². The molecule has 35 heavy (non-hydrogen) atoms. The molecule has 1 N–H and O–H groups in total. The van der Waals surface area contributed by atoms with Crippen LogP contribution < -0.4 is 10.9 Å². The zero-order chi connectivity index (χ0) is 24.5. The van der Waals surface area contributed by atoms with E-state index in [0.29, 0.717) is 28.8 Å². The number of rotatable bonds is 6. The number of hydrogen-bond acceptors (Lipinski definition) is 4. The van der Waals surface area contributed by atoms with Crippen LogP contribution in [-0.2, 0) is 0 Å². The molecule has 6 heteroatoms. The molecule has 0 spiro atoms. The average Bonchev–Trinajstić information content (AvgIpc) is 3.29. The van der Waals surface area contributed by atoms with Crippen LogP contribution in [0.3, 0.4) is 0 Å². The van der Waals surface area contributed by atoms with Crippen LogP contribution in [0.4, 0.5) is 11.6 Å². The number of benzene rings is 3. The largest absolute Gasteiger partial charge is 0.325 e. The zero-order valence-electron chi connectivity index (χ0n) is 20.4. The van der Waals surface area contributed by atoms with Gasteiger partial charge in [0.15, 0.2) is 5.65 Å². The van der Waals surface area contributed by atoms with E-state index in [-0.39, 0.29) is 5.56 Å². The van der Waals surface area contributed by atoms with Gasteiger partial charge in [0, 0.05) is 5.69 Å². The molecule has 5 aromatic rings. The molecule has 0 aliphatic rings. The van der Waals surface area contributed by atoms with Crippen LogP contribution in [0, 0.1) is 0 Å². The fourth-order valence-electron chi connectivity index (χ4n) is 4.14. The molecule has 0 amide bonds. The molecule has 0 aliphatic heterocycles. The lowest BCUT2D eigenvalue weighted by Crippen LogP contribution is -2.23. The van der Waals surface area contributed by atoms with Gasteiger partial charge in [0.2, 0.25) is 5.95 Å². The molecule has 6 nitrogen and oxygen atoms in total. The Balaban J connectivity index is 1.69. The molecule has 0 unspecified atom stereocenters. The van der Waals surface area contributed by atoms with Crippen molar-refractivity contribution in [2.75, 3.05) is 5.32 Å². The Morgan fingerprint density at radius 3 is 1.94 bits per heavy atom. The zero-order valence-corrected chi connectivity index (χ0v) is 20.4. The van der Waals surface area contributed by atoms with Gasteiger partial charge in [-0.15, -0.1) is 0 Å². The highest BCUT2D eigenvalue weighted by Gasteiger charge is 2.18. The fraction of sp³-hybridized carbons (Fsp3) is 0.207. The molecular formula is C29H29N5O. The van der Waals surface area contributed by atoms with Gasteiger partial charge in [-0.25, -0.2) is 9.25 Å². The maximum absolute atomic E-state index is 13.8. The molecule has 0 aliphatic carbocycles. The summed E-state index contributed by atoms with van der Waals surface area (Å²) >= 11 is 0. The first kappa shape index (κ1) is 22.6. The summed E-state index contributed by atoms with van der Waals surface area (Å²) < 4.78 is 3.33. The molecule has 2 aromatic heterocycles. The minimum absolute atomic E-state index is 0.171. The topological polar surface area (TPSA) is 64.7 Å². The summed E-state index contributed by atoms with van der Waals surface area (Å²) in [4.78, 5) is 18.7. The summed E-state index contributed by atoms with van der Waals surface area (Å²) in [6.07, 6.45) is 1.60.